The highest BCUT2D eigenvalue weighted by molar-refractivity contribution is 8.24. The molecule has 0 aliphatic carbocycles. The van der Waals surface area contributed by atoms with Crippen LogP contribution in [-0.4, -0.2) is 27.9 Å². The Hall–Kier alpha value is -0.620. The molecule has 74 valence electrons. The Kier molecular flexibility index (Phi) is 5.65. The molecule has 1 unspecified atom stereocenters. The Morgan fingerprint density at radius 1 is 1.62 bits per heavy atom. The van der Waals surface area contributed by atoms with E-state index < -0.39 is 11.2 Å². The van der Waals surface area contributed by atoms with Gasteiger partial charge < -0.3 is 10.5 Å². The number of thiocarbonyl (C=S) groups is 1. The monoisotopic (exact) mass is 221 g/mol. The molecule has 0 aromatic heterocycles. The van der Waals surface area contributed by atoms with Gasteiger partial charge in [-0.25, -0.2) is 0 Å². The molecule has 0 rings (SSSR count). The van der Waals surface area contributed by atoms with Crippen LogP contribution in [0.3, 0.4) is 0 Å². The lowest BCUT2D eigenvalue weighted by Crippen LogP contribution is -2.29. The van der Waals surface area contributed by atoms with Crippen LogP contribution in [0.2, 0.25) is 0 Å². The Labute approximate surface area is 86.2 Å². The first kappa shape index (κ1) is 12.4. The number of ketones is 1. The molecule has 1 atom stereocenters. The minimum atomic E-state index is -0.919. The standard InChI is InChI=1S/C7H11NO3S2/c1-3-11-6(10)5(4(2)9)13-7(8)12/h5H,3H2,1-2H3,(H2,8,12). The molecular weight excluding hydrogens is 210 g/mol. The van der Waals surface area contributed by atoms with E-state index in [0.29, 0.717) is 0 Å². The zero-order chi connectivity index (χ0) is 10.4. The number of ether oxygens (including phenoxy) is 1. The highest BCUT2D eigenvalue weighted by atomic mass is 32.2. The van der Waals surface area contributed by atoms with Gasteiger partial charge in [0.2, 0.25) is 0 Å². The number of carbonyl (C=O) groups is 2. The summed E-state index contributed by atoms with van der Waals surface area (Å²) >= 11 is 5.42. The lowest BCUT2D eigenvalue weighted by Gasteiger charge is -2.10. The highest BCUT2D eigenvalue weighted by Crippen LogP contribution is 2.13. The molecule has 0 spiro atoms. The Morgan fingerprint density at radius 3 is 2.46 bits per heavy atom. The maximum Gasteiger partial charge on any atom is 0.327 e. The molecule has 0 saturated carbocycles. The van der Waals surface area contributed by atoms with Crippen LogP contribution in [0.5, 0.6) is 0 Å². The lowest BCUT2D eigenvalue weighted by atomic mass is 10.3. The van der Waals surface area contributed by atoms with E-state index in [1.165, 1.54) is 6.92 Å². The van der Waals surface area contributed by atoms with E-state index in [-0.39, 0.29) is 16.7 Å². The van der Waals surface area contributed by atoms with Gasteiger partial charge in [0.15, 0.2) is 11.0 Å². The minimum absolute atomic E-state index is 0.0632. The molecule has 0 radical (unpaired) electrons. The summed E-state index contributed by atoms with van der Waals surface area (Å²) in [6, 6.07) is 0. The molecule has 2 N–H and O–H groups in total. The normalized spacial score (nSPS) is 11.8. The molecule has 0 heterocycles. The second-order valence-corrected chi connectivity index (χ2v) is 4.02. The second-order valence-electron chi connectivity index (χ2n) is 2.18. The molecule has 0 aliphatic rings. The lowest BCUT2D eigenvalue weighted by molar-refractivity contribution is -0.144. The number of hydrogen-bond acceptors (Lipinski definition) is 5. The van der Waals surface area contributed by atoms with Gasteiger partial charge in [0.25, 0.3) is 0 Å². The zero-order valence-corrected chi connectivity index (χ0v) is 9.04. The number of nitrogens with two attached hydrogens (primary N) is 1. The summed E-state index contributed by atoms with van der Waals surface area (Å²) in [6.45, 7) is 3.20. The van der Waals surface area contributed by atoms with Crippen molar-refractivity contribution in [3.63, 3.8) is 0 Å². The van der Waals surface area contributed by atoms with Gasteiger partial charge in [-0.05, 0) is 13.8 Å². The molecule has 0 fully saturated rings. The van der Waals surface area contributed by atoms with Gasteiger partial charge in [-0.3, -0.25) is 9.59 Å². The highest BCUT2D eigenvalue weighted by Gasteiger charge is 2.26. The third-order valence-corrected chi connectivity index (χ3v) is 2.38. The van der Waals surface area contributed by atoms with E-state index in [4.69, 9.17) is 5.73 Å². The first-order valence-electron chi connectivity index (χ1n) is 3.62. The van der Waals surface area contributed by atoms with Crippen LogP contribution >= 0.6 is 24.0 Å². The van der Waals surface area contributed by atoms with Gasteiger partial charge >= 0.3 is 5.97 Å². The van der Waals surface area contributed by atoms with E-state index in [1.54, 1.807) is 6.92 Å². The number of rotatable bonds is 4. The topological polar surface area (TPSA) is 69.4 Å². The smallest absolute Gasteiger partial charge is 0.327 e. The quantitative estimate of drug-likeness (QED) is 0.423. The van der Waals surface area contributed by atoms with Crippen LogP contribution in [0, 0.1) is 0 Å². The van der Waals surface area contributed by atoms with Gasteiger partial charge in [-0.15, -0.1) is 0 Å². The van der Waals surface area contributed by atoms with Crippen LogP contribution in [0.15, 0.2) is 0 Å². The van der Waals surface area contributed by atoms with Crippen molar-refractivity contribution >= 4 is 40.1 Å². The largest absolute Gasteiger partial charge is 0.465 e. The van der Waals surface area contributed by atoms with Crippen molar-refractivity contribution in [2.75, 3.05) is 6.61 Å². The summed E-state index contributed by atoms with van der Waals surface area (Å²) in [7, 11) is 0. The van der Waals surface area contributed by atoms with Gasteiger partial charge in [0.1, 0.15) is 4.32 Å². The van der Waals surface area contributed by atoms with E-state index >= 15 is 0 Å². The number of Topliss-reactive ketones (excluding diaryl/α,β-unsaturated/α-hetero) is 1. The molecule has 4 nitrogen and oxygen atoms in total. The minimum Gasteiger partial charge on any atom is -0.465 e. The molecule has 0 amide bonds. The van der Waals surface area contributed by atoms with Gasteiger partial charge in [-0.2, -0.15) is 0 Å². The van der Waals surface area contributed by atoms with Crippen molar-refractivity contribution in [3.05, 3.63) is 0 Å². The molecule has 0 aromatic rings. The second kappa shape index (κ2) is 5.93. The summed E-state index contributed by atoms with van der Waals surface area (Å²) < 4.78 is 4.73. The molecule has 0 aliphatic heterocycles. The van der Waals surface area contributed by atoms with Crippen LogP contribution in [0.4, 0.5) is 0 Å². The van der Waals surface area contributed by atoms with Crippen molar-refractivity contribution in [1.29, 1.82) is 0 Å². The Morgan fingerprint density at radius 2 is 2.15 bits per heavy atom. The number of carbonyl (C=O) groups excluding carboxylic acids is 2. The molecule has 13 heavy (non-hydrogen) atoms. The fourth-order valence-electron chi connectivity index (χ4n) is 0.631. The van der Waals surface area contributed by atoms with Crippen molar-refractivity contribution in [1.82, 2.24) is 0 Å². The van der Waals surface area contributed by atoms with Crippen LogP contribution in [0.1, 0.15) is 13.8 Å². The van der Waals surface area contributed by atoms with E-state index in [1.807, 2.05) is 0 Å². The van der Waals surface area contributed by atoms with E-state index in [9.17, 15) is 9.59 Å². The summed E-state index contributed by atoms with van der Waals surface area (Å²) in [6.07, 6.45) is 0. The van der Waals surface area contributed by atoms with Crippen LogP contribution in [0.25, 0.3) is 0 Å². The number of esters is 1. The van der Waals surface area contributed by atoms with Gasteiger partial charge in [-0.1, -0.05) is 24.0 Å². The maximum atomic E-state index is 11.1. The SMILES string of the molecule is CCOC(=O)C(SC(N)=S)C(C)=O. The Balaban J connectivity index is 4.32. The first-order valence-corrected chi connectivity index (χ1v) is 4.91. The van der Waals surface area contributed by atoms with Gasteiger partial charge in [0, 0.05) is 0 Å². The third-order valence-electron chi connectivity index (χ3n) is 1.10. The fraction of sp³-hybridized carbons (Fsp3) is 0.571. The van der Waals surface area contributed by atoms with Gasteiger partial charge in [0.05, 0.1) is 6.61 Å². The summed E-state index contributed by atoms with van der Waals surface area (Å²) in [5.74, 6) is -0.899. The van der Waals surface area contributed by atoms with Crippen molar-refractivity contribution < 1.29 is 14.3 Å². The predicted octanol–water partition coefficient (Wildman–Crippen LogP) is 0.484. The van der Waals surface area contributed by atoms with Crippen molar-refractivity contribution in [3.8, 4) is 0 Å². The maximum absolute atomic E-state index is 11.1. The van der Waals surface area contributed by atoms with Crippen molar-refractivity contribution in [2.45, 2.75) is 19.1 Å². The molecule has 0 saturated heterocycles. The third kappa shape index (κ3) is 4.84. The fourth-order valence-corrected chi connectivity index (χ4v) is 1.48. The van der Waals surface area contributed by atoms with Crippen molar-refractivity contribution in [2.24, 2.45) is 5.73 Å². The zero-order valence-electron chi connectivity index (χ0n) is 7.40. The summed E-state index contributed by atoms with van der Waals surface area (Å²) in [5, 5.41) is -0.919. The molecule has 6 heteroatoms. The van der Waals surface area contributed by atoms with E-state index in [0.717, 1.165) is 11.8 Å². The first-order chi connectivity index (χ1) is 5.99. The van der Waals surface area contributed by atoms with E-state index in [2.05, 4.69) is 17.0 Å². The molecule has 0 aromatic carbocycles. The van der Waals surface area contributed by atoms with Crippen LogP contribution in [-0.2, 0) is 14.3 Å². The van der Waals surface area contributed by atoms with Crippen LogP contribution < -0.4 is 5.73 Å². The predicted molar refractivity (Wildman–Crippen MR) is 55.5 cm³/mol. The molecule has 0 bridgehead atoms. The number of hydrogen-bond donors (Lipinski definition) is 1. The summed E-state index contributed by atoms with van der Waals surface area (Å²) in [5.41, 5.74) is 5.20. The average molecular weight is 221 g/mol. The molecular formula is C7H11NO3S2. The Bertz CT molecular complexity index is 230. The average Bonchev–Trinajstić information content (AvgIpc) is 1.99. The summed E-state index contributed by atoms with van der Waals surface area (Å²) in [4.78, 5) is 22.1. The number of thioether (sulfide) groups is 1.